The van der Waals surface area contributed by atoms with E-state index in [0.29, 0.717) is 15.8 Å². The summed E-state index contributed by atoms with van der Waals surface area (Å²) in [7, 11) is 0. The maximum absolute atomic E-state index is 12.1. The number of halogens is 2. The molecule has 0 aliphatic rings. The van der Waals surface area contributed by atoms with Gasteiger partial charge in [0.05, 0.1) is 5.02 Å². The van der Waals surface area contributed by atoms with Gasteiger partial charge in [-0.2, -0.15) is 0 Å². The Morgan fingerprint density at radius 3 is 2.48 bits per heavy atom. The highest BCUT2D eigenvalue weighted by atomic mass is 35.5. The molecule has 0 fully saturated rings. The van der Waals surface area contributed by atoms with E-state index >= 15 is 0 Å². The molecule has 1 N–H and O–H groups in total. The maximum atomic E-state index is 12.1. The summed E-state index contributed by atoms with van der Waals surface area (Å²) < 4.78 is 5.56. The van der Waals surface area contributed by atoms with E-state index < -0.39 is 6.10 Å². The Hall–Kier alpha value is -1.71. The van der Waals surface area contributed by atoms with Crippen LogP contribution in [0.4, 0.5) is 5.69 Å². The van der Waals surface area contributed by atoms with Gasteiger partial charge in [0, 0.05) is 5.69 Å². The lowest BCUT2D eigenvalue weighted by atomic mass is 10.2. The molecule has 3 nitrogen and oxygen atoms in total. The van der Waals surface area contributed by atoms with Crippen molar-refractivity contribution in [2.75, 3.05) is 5.32 Å². The summed E-state index contributed by atoms with van der Waals surface area (Å²) in [5.41, 5.74) is 1.85. The standard InChI is InChI=1S/C16H15Cl2NO2/c1-10-6-8-12(9-7-10)19-16(20)11(2)21-14-5-3-4-13(17)15(14)18/h3-9,11H,1-2H3,(H,19,20)/t11-/m1/s1. The Balaban J connectivity index is 2.02. The van der Waals surface area contributed by atoms with Gasteiger partial charge in [0.15, 0.2) is 6.10 Å². The van der Waals surface area contributed by atoms with E-state index in [1.165, 1.54) is 0 Å². The first-order chi connectivity index (χ1) is 9.97. The third-order valence-electron chi connectivity index (χ3n) is 2.91. The van der Waals surface area contributed by atoms with Gasteiger partial charge in [-0.1, -0.05) is 47.0 Å². The van der Waals surface area contributed by atoms with E-state index in [4.69, 9.17) is 27.9 Å². The van der Waals surface area contributed by atoms with Crippen LogP contribution < -0.4 is 10.1 Å². The predicted molar refractivity (Wildman–Crippen MR) is 86.4 cm³/mol. The van der Waals surface area contributed by atoms with Gasteiger partial charge in [-0.25, -0.2) is 0 Å². The van der Waals surface area contributed by atoms with Gasteiger partial charge in [-0.05, 0) is 38.1 Å². The van der Waals surface area contributed by atoms with Crippen molar-refractivity contribution in [3.63, 3.8) is 0 Å². The maximum Gasteiger partial charge on any atom is 0.265 e. The fourth-order valence-corrected chi connectivity index (χ4v) is 2.04. The number of aryl methyl sites for hydroxylation is 1. The monoisotopic (exact) mass is 323 g/mol. The molecule has 0 saturated carbocycles. The molecule has 0 aromatic heterocycles. The molecule has 2 aromatic carbocycles. The van der Waals surface area contributed by atoms with Crippen molar-refractivity contribution in [3.8, 4) is 5.75 Å². The van der Waals surface area contributed by atoms with Crippen LogP contribution in [0.1, 0.15) is 12.5 Å². The van der Waals surface area contributed by atoms with Crippen LogP contribution in [0.15, 0.2) is 42.5 Å². The number of anilines is 1. The first-order valence-electron chi connectivity index (χ1n) is 6.45. The van der Waals surface area contributed by atoms with Crippen LogP contribution in [0.3, 0.4) is 0 Å². The molecule has 0 spiro atoms. The third kappa shape index (κ3) is 4.13. The van der Waals surface area contributed by atoms with Crippen LogP contribution in [-0.4, -0.2) is 12.0 Å². The van der Waals surface area contributed by atoms with E-state index in [0.717, 1.165) is 11.3 Å². The Morgan fingerprint density at radius 2 is 1.81 bits per heavy atom. The minimum atomic E-state index is -0.692. The highest BCUT2D eigenvalue weighted by Crippen LogP contribution is 2.32. The second kappa shape index (κ2) is 6.83. The van der Waals surface area contributed by atoms with Gasteiger partial charge < -0.3 is 10.1 Å². The van der Waals surface area contributed by atoms with Gasteiger partial charge >= 0.3 is 0 Å². The Morgan fingerprint density at radius 1 is 1.14 bits per heavy atom. The average Bonchev–Trinajstić information content (AvgIpc) is 2.46. The summed E-state index contributed by atoms with van der Waals surface area (Å²) in [5, 5.41) is 3.47. The average molecular weight is 324 g/mol. The van der Waals surface area contributed by atoms with Crippen molar-refractivity contribution >= 4 is 34.8 Å². The van der Waals surface area contributed by atoms with Crippen molar-refractivity contribution in [1.82, 2.24) is 0 Å². The van der Waals surface area contributed by atoms with E-state index in [1.54, 1.807) is 25.1 Å². The summed E-state index contributed by atoms with van der Waals surface area (Å²) in [6, 6.07) is 12.6. The molecule has 1 amide bonds. The Kier molecular flexibility index (Phi) is 5.10. The number of benzene rings is 2. The second-order valence-corrected chi connectivity index (χ2v) is 5.45. The van der Waals surface area contributed by atoms with Gasteiger partial charge in [0.1, 0.15) is 10.8 Å². The van der Waals surface area contributed by atoms with Crippen LogP contribution in [-0.2, 0) is 4.79 Å². The van der Waals surface area contributed by atoms with Crippen LogP contribution in [0.5, 0.6) is 5.75 Å². The molecule has 1 atom stereocenters. The smallest absolute Gasteiger partial charge is 0.265 e. The number of amides is 1. The third-order valence-corrected chi connectivity index (χ3v) is 3.71. The van der Waals surface area contributed by atoms with Crippen molar-refractivity contribution in [2.24, 2.45) is 0 Å². The van der Waals surface area contributed by atoms with Crippen LogP contribution in [0.25, 0.3) is 0 Å². The lowest BCUT2D eigenvalue weighted by Crippen LogP contribution is -2.30. The van der Waals surface area contributed by atoms with Crippen molar-refractivity contribution in [1.29, 1.82) is 0 Å². The lowest BCUT2D eigenvalue weighted by Gasteiger charge is -2.16. The number of hydrogen-bond donors (Lipinski definition) is 1. The minimum absolute atomic E-state index is 0.255. The Labute approximate surface area is 133 Å². The Bertz CT molecular complexity index is 641. The zero-order valence-electron chi connectivity index (χ0n) is 11.7. The van der Waals surface area contributed by atoms with E-state index in [1.807, 2.05) is 31.2 Å². The molecule has 0 unspecified atom stereocenters. The topological polar surface area (TPSA) is 38.3 Å². The highest BCUT2D eigenvalue weighted by Gasteiger charge is 2.17. The van der Waals surface area contributed by atoms with Crippen molar-refractivity contribution < 1.29 is 9.53 Å². The molecule has 0 bridgehead atoms. The molecule has 0 aliphatic heterocycles. The van der Waals surface area contributed by atoms with Crippen LogP contribution in [0, 0.1) is 6.92 Å². The second-order valence-electron chi connectivity index (χ2n) is 4.67. The molecular formula is C16H15Cl2NO2. The number of carbonyl (C=O) groups is 1. The number of rotatable bonds is 4. The summed E-state index contributed by atoms with van der Waals surface area (Å²) in [6.07, 6.45) is -0.692. The summed E-state index contributed by atoms with van der Waals surface area (Å²) in [4.78, 5) is 12.1. The normalized spacial score (nSPS) is 11.8. The predicted octanol–water partition coefficient (Wildman–Crippen LogP) is 4.71. The SMILES string of the molecule is Cc1ccc(NC(=O)[C@@H](C)Oc2cccc(Cl)c2Cl)cc1. The van der Waals surface area contributed by atoms with Crippen molar-refractivity contribution in [3.05, 3.63) is 58.1 Å². The summed E-state index contributed by atoms with van der Waals surface area (Å²) >= 11 is 11.9. The lowest BCUT2D eigenvalue weighted by molar-refractivity contribution is -0.122. The first kappa shape index (κ1) is 15.7. The largest absolute Gasteiger partial charge is 0.479 e. The molecule has 0 heterocycles. The van der Waals surface area contributed by atoms with Gasteiger partial charge in [0.25, 0.3) is 5.91 Å². The summed E-state index contributed by atoms with van der Waals surface area (Å²) in [6.45, 7) is 3.64. The molecular weight excluding hydrogens is 309 g/mol. The molecule has 0 radical (unpaired) electrons. The number of carbonyl (C=O) groups excluding carboxylic acids is 1. The van der Waals surface area contributed by atoms with E-state index in [-0.39, 0.29) is 5.91 Å². The molecule has 0 aliphatic carbocycles. The van der Waals surface area contributed by atoms with Gasteiger partial charge in [-0.15, -0.1) is 0 Å². The fraction of sp³-hybridized carbons (Fsp3) is 0.188. The van der Waals surface area contributed by atoms with E-state index in [2.05, 4.69) is 5.32 Å². The molecule has 110 valence electrons. The minimum Gasteiger partial charge on any atom is -0.479 e. The zero-order chi connectivity index (χ0) is 15.4. The number of hydrogen-bond acceptors (Lipinski definition) is 2. The highest BCUT2D eigenvalue weighted by molar-refractivity contribution is 6.42. The molecule has 0 saturated heterocycles. The number of ether oxygens (including phenoxy) is 1. The van der Waals surface area contributed by atoms with Gasteiger partial charge in [-0.3, -0.25) is 4.79 Å². The quantitative estimate of drug-likeness (QED) is 0.885. The van der Waals surface area contributed by atoms with Crippen LogP contribution >= 0.6 is 23.2 Å². The first-order valence-corrected chi connectivity index (χ1v) is 7.21. The van der Waals surface area contributed by atoms with Crippen LogP contribution in [0.2, 0.25) is 10.0 Å². The zero-order valence-corrected chi connectivity index (χ0v) is 13.2. The van der Waals surface area contributed by atoms with Crippen molar-refractivity contribution in [2.45, 2.75) is 20.0 Å². The van der Waals surface area contributed by atoms with Gasteiger partial charge in [0.2, 0.25) is 0 Å². The summed E-state index contributed by atoms with van der Waals surface area (Å²) in [5.74, 6) is 0.130. The molecule has 5 heteroatoms. The number of nitrogens with one attached hydrogen (secondary N) is 1. The molecule has 2 rings (SSSR count). The molecule has 2 aromatic rings. The molecule has 21 heavy (non-hydrogen) atoms. The van der Waals surface area contributed by atoms with E-state index in [9.17, 15) is 4.79 Å². The fourth-order valence-electron chi connectivity index (χ4n) is 1.70.